The Bertz CT molecular complexity index is 896. The van der Waals surface area contributed by atoms with Crippen molar-refractivity contribution in [2.24, 2.45) is 0 Å². The van der Waals surface area contributed by atoms with E-state index in [1.165, 1.54) is 6.07 Å². The highest BCUT2D eigenvalue weighted by Crippen LogP contribution is 2.32. The summed E-state index contributed by atoms with van der Waals surface area (Å²) in [7, 11) is 0. The number of rotatable bonds is 3. The van der Waals surface area contributed by atoms with E-state index in [1.54, 1.807) is 12.1 Å². The molecule has 0 saturated carbocycles. The molecule has 0 spiro atoms. The molecule has 0 saturated heterocycles. The summed E-state index contributed by atoms with van der Waals surface area (Å²) in [5.74, 6) is 1.05. The van der Waals surface area contributed by atoms with Crippen LogP contribution in [0.4, 0.5) is 5.69 Å². The van der Waals surface area contributed by atoms with Crippen molar-refractivity contribution < 1.29 is 26.5 Å². The molecule has 0 aliphatic carbocycles. The number of hydrogen-bond donors (Lipinski definition) is 0. The molecule has 122 valence electrons. The van der Waals surface area contributed by atoms with E-state index in [0.29, 0.717) is 0 Å². The second-order valence-corrected chi connectivity index (χ2v) is 6.38. The molecule has 0 unspecified atom stereocenters. The minimum absolute atomic E-state index is 0. The maximum Gasteiger partial charge on any atom is 0.323 e. The molecule has 0 N–H and O–H groups in total. The van der Waals surface area contributed by atoms with Gasteiger partial charge in [-0.1, -0.05) is 30.3 Å². The van der Waals surface area contributed by atoms with Gasteiger partial charge in [-0.2, -0.15) is 4.57 Å². The van der Waals surface area contributed by atoms with Crippen molar-refractivity contribution in [2.75, 3.05) is 5.75 Å². The van der Waals surface area contributed by atoms with Crippen molar-refractivity contribution in [3.05, 3.63) is 70.9 Å². The third kappa shape index (κ3) is 2.85. The van der Waals surface area contributed by atoms with Crippen LogP contribution >= 0.6 is 11.8 Å². The quantitative estimate of drug-likeness (QED) is 0.362. The Hall–Kier alpha value is -2.12. The van der Waals surface area contributed by atoms with Crippen LogP contribution in [-0.2, 0) is 6.54 Å². The summed E-state index contributed by atoms with van der Waals surface area (Å²) >= 11 is 1.81. The lowest BCUT2D eigenvalue weighted by Gasteiger charge is -2.03. The molecule has 0 atom stereocenters. The van der Waals surface area contributed by atoms with Gasteiger partial charge in [-0.3, -0.25) is 10.1 Å². The van der Waals surface area contributed by atoms with Gasteiger partial charge in [0.05, 0.1) is 4.92 Å². The van der Waals surface area contributed by atoms with Gasteiger partial charge in [-0.15, -0.1) is 0 Å². The Morgan fingerprint density at radius 2 is 1.92 bits per heavy atom. The molecule has 4 rings (SSSR count). The van der Waals surface area contributed by atoms with E-state index >= 15 is 0 Å². The molecule has 0 radical (unpaired) electrons. The Labute approximate surface area is 153 Å². The van der Waals surface area contributed by atoms with E-state index < -0.39 is 0 Å². The smallest absolute Gasteiger partial charge is 0.323 e. The lowest BCUT2D eigenvalue weighted by Crippen LogP contribution is -3.00. The first-order valence-corrected chi connectivity index (χ1v) is 8.31. The SMILES string of the molecule is O=[N+]([O-])c1cccc(-c2c[n+]3c(n2-c2ccccc2)SCC3)c1.[Br-]. The number of aromatic nitrogens is 2. The number of hydrogen-bond acceptors (Lipinski definition) is 3. The van der Waals surface area contributed by atoms with Crippen molar-refractivity contribution >= 4 is 17.4 Å². The molecule has 1 aliphatic rings. The lowest BCUT2D eigenvalue weighted by molar-refractivity contribution is -0.723. The Morgan fingerprint density at radius 1 is 1.12 bits per heavy atom. The van der Waals surface area contributed by atoms with Crippen LogP contribution in [0.3, 0.4) is 0 Å². The molecule has 0 fully saturated rings. The van der Waals surface area contributed by atoms with E-state index in [-0.39, 0.29) is 27.6 Å². The van der Waals surface area contributed by atoms with E-state index in [4.69, 9.17) is 0 Å². The summed E-state index contributed by atoms with van der Waals surface area (Å²) in [6, 6.07) is 16.9. The van der Waals surface area contributed by atoms with Crippen LogP contribution in [0.2, 0.25) is 0 Å². The number of imidazole rings is 1. The van der Waals surface area contributed by atoms with E-state index in [2.05, 4.69) is 27.5 Å². The fraction of sp³-hybridized carbons (Fsp3) is 0.118. The van der Waals surface area contributed by atoms with E-state index in [1.807, 2.05) is 36.0 Å². The van der Waals surface area contributed by atoms with Gasteiger partial charge in [0, 0.05) is 23.4 Å². The minimum Gasteiger partial charge on any atom is -1.00 e. The summed E-state index contributed by atoms with van der Waals surface area (Å²) < 4.78 is 4.39. The average molecular weight is 404 g/mol. The zero-order valence-corrected chi connectivity index (χ0v) is 15.0. The van der Waals surface area contributed by atoms with Crippen molar-refractivity contribution in [3.8, 4) is 16.9 Å². The monoisotopic (exact) mass is 403 g/mol. The zero-order valence-electron chi connectivity index (χ0n) is 12.6. The first-order chi connectivity index (χ1) is 11.2. The number of benzene rings is 2. The predicted molar refractivity (Wildman–Crippen MR) is 88.8 cm³/mol. The molecule has 24 heavy (non-hydrogen) atoms. The van der Waals surface area contributed by atoms with Crippen LogP contribution in [0.5, 0.6) is 0 Å². The number of thioether (sulfide) groups is 1. The largest absolute Gasteiger partial charge is 1.00 e. The number of non-ortho nitro benzene ring substituents is 1. The number of halogens is 1. The number of nitro groups is 1. The second-order valence-electron chi connectivity index (χ2n) is 5.32. The molecule has 5 nitrogen and oxygen atoms in total. The zero-order chi connectivity index (χ0) is 15.8. The minimum atomic E-state index is -0.352. The molecular formula is C17H14BrN3O2S. The number of aryl methyl sites for hydroxylation is 1. The van der Waals surface area contributed by atoms with Gasteiger partial charge in [0.25, 0.3) is 5.69 Å². The van der Waals surface area contributed by atoms with Gasteiger partial charge < -0.3 is 17.0 Å². The second kappa shape index (κ2) is 6.78. The van der Waals surface area contributed by atoms with Gasteiger partial charge in [0.1, 0.15) is 18.4 Å². The number of nitrogens with zero attached hydrogens (tertiary/aromatic N) is 3. The lowest BCUT2D eigenvalue weighted by atomic mass is 10.1. The summed E-state index contributed by atoms with van der Waals surface area (Å²) in [5, 5.41) is 12.2. The molecule has 1 aromatic heterocycles. The van der Waals surface area contributed by atoms with Gasteiger partial charge in [-0.05, 0) is 23.9 Å². The fourth-order valence-corrected chi connectivity index (χ4v) is 3.96. The van der Waals surface area contributed by atoms with Crippen LogP contribution in [0.25, 0.3) is 16.9 Å². The van der Waals surface area contributed by atoms with Crippen molar-refractivity contribution in [1.29, 1.82) is 0 Å². The molecule has 0 amide bonds. The van der Waals surface area contributed by atoms with E-state index in [0.717, 1.165) is 34.4 Å². The van der Waals surface area contributed by atoms with Gasteiger partial charge >= 0.3 is 5.16 Å². The Morgan fingerprint density at radius 3 is 2.67 bits per heavy atom. The molecule has 2 heterocycles. The summed E-state index contributed by atoms with van der Waals surface area (Å²) in [6.07, 6.45) is 2.08. The Balaban J connectivity index is 0.00000169. The van der Waals surface area contributed by atoms with Gasteiger partial charge in [-0.25, -0.2) is 4.57 Å². The first-order valence-electron chi connectivity index (χ1n) is 7.32. The summed E-state index contributed by atoms with van der Waals surface area (Å²) in [4.78, 5) is 10.7. The van der Waals surface area contributed by atoms with Crippen molar-refractivity contribution in [2.45, 2.75) is 11.7 Å². The highest BCUT2D eigenvalue weighted by atomic mass is 79.9. The topological polar surface area (TPSA) is 52.0 Å². The maximum absolute atomic E-state index is 11.1. The maximum atomic E-state index is 11.1. The Kier molecular flexibility index (Phi) is 4.73. The van der Waals surface area contributed by atoms with Crippen LogP contribution in [0.1, 0.15) is 0 Å². The first kappa shape index (κ1) is 16.7. The summed E-state index contributed by atoms with van der Waals surface area (Å²) in [6.45, 7) is 0.960. The molecule has 0 bridgehead atoms. The number of para-hydroxylation sites is 1. The number of fused-ring (bicyclic) bond motifs is 1. The van der Waals surface area contributed by atoms with Crippen LogP contribution in [0.15, 0.2) is 66.0 Å². The summed E-state index contributed by atoms with van der Waals surface area (Å²) in [5.41, 5.74) is 3.01. The predicted octanol–water partition coefficient (Wildman–Crippen LogP) is 0.450. The van der Waals surface area contributed by atoms with Crippen molar-refractivity contribution in [3.63, 3.8) is 0 Å². The fourth-order valence-electron chi connectivity index (χ4n) is 2.84. The standard InChI is InChI=1S/C17H14N3O2S.BrH/c21-20(22)15-8-4-5-13(11-15)16-12-18-9-10-23-17(18)19(16)14-6-2-1-3-7-14;/h1-8,11-12H,9-10H2;1H/q+1;/p-1. The molecule has 1 aliphatic heterocycles. The van der Waals surface area contributed by atoms with Gasteiger partial charge in [0.15, 0.2) is 5.69 Å². The molecule has 2 aromatic carbocycles. The normalized spacial score (nSPS) is 12.5. The molecule has 7 heteroatoms. The van der Waals surface area contributed by atoms with Crippen LogP contribution in [0, 0.1) is 10.1 Å². The highest BCUT2D eigenvalue weighted by Gasteiger charge is 2.30. The molecular weight excluding hydrogens is 390 g/mol. The van der Waals surface area contributed by atoms with Crippen LogP contribution < -0.4 is 21.5 Å². The van der Waals surface area contributed by atoms with E-state index in [9.17, 15) is 10.1 Å². The highest BCUT2D eigenvalue weighted by molar-refractivity contribution is 7.99. The third-order valence-corrected chi connectivity index (χ3v) is 4.95. The molecule has 3 aromatic rings. The van der Waals surface area contributed by atoms with Gasteiger partial charge in [0.2, 0.25) is 0 Å². The third-order valence-electron chi connectivity index (χ3n) is 3.89. The van der Waals surface area contributed by atoms with Crippen molar-refractivity contribution in [1.82, 2.24) is 4.57 Å². The number of nitro benzene ring substituents is 1. The average Bonchev–Trinajstić information content (AvgIpc) is 3.16. The van der Waals surface area contributed by atoms with Crippen LogP contribution in [-0.4, -0.2) is 15.2 Å².